The van der Waals surface area contributed by atoms with Crippen LogP contribution < -0.4 is 0 Å². The van der Waals surface area contributed by atoms with Crippen molar-refractivity contribution in [2.24, 2.45) is 40.4 Å². The summed E-state index contributed by atoms with van der Waals surface area (Å²) in [5.41, 5.74) is -0.254. The van der Waals surface area contributed by atoms with Gasteiger partial charge in [0, 0.05) is 24.7 Å². The first-order valence-electron chi connectivity index (χ1n) is 10.9. The molecule has 0 aromatic carbocycles. The van der Waals surface area contributed by atoms with E-state index in [2.05, 4.69) is 13.8 Å². The van der Waals surface area contributed by atoms with Crippen LogP contribution in [0.4, 0.5) is 0 Å². The molecule has 0 amide bonds. The Morgan fingerprint density at radius 3 is 2.41 bits per heavy atom. The average molecular weight is 375 g/mol. The number of Topliss-reactive ketones (excluding diaryl/α,β-unsaturated/α-hetero) is 2. The molecule has 0 N–H and O–H groups in total. The SMILES string of the molecule is CC(=O)O[C@H]1CC[C@]2(C)C3CC(=O)[C@]4(C)[C@@H](C(C)=O)CC[C@H]4C3CC[C@H]2C1. The summed E-state index contributed by atoms with van der Waals surface area (Å²) in [6.45, 7) is 7.66. The third kappa shape index (κ3) is 2.73. The molecule has 4 nitrogen and oxygen atoms in total. The van der Waals surface area contributed by atoms with Crippen molar-refractivity contribution in [3.05, 3.63) is 0 Å². The fourth-order valence-electron chi connectivity index (χ4n) is 7.92. The first-order valence-corrected chi connectivity index (χ1v) is 10.9. The van der Waals surface area contributed by atoms with Gasteiger partial charge in [0.15, 0.2) is 0 Å². The molecule has 4 saturated carbocycles. The first-order chi connectivity index (χ1) is 12.7. The van der Waals surface area contributed by atoms with Gasteiger partial charge < -0.3 is 4.74 Å². The number of ketones is 2. The summed E-state index contributed by atoms with van der Waals surface area (Å²) in [5.74, 6) is 2.22. The Labute approximate surface area is 162 Å². The van der Waals surface area contributed by atoms with Crippen LogP contribution in [0.15, 0.2) is 0 Å². The molecule has 8 atom stereocenters. The van der Waals surface area contributed by atoms with E-state index in [0.29, 0.717) is 35.9 Å². The summed E-state index contributed by atoms with van der Waals surface area (Å²) < 4.78 is 5.52. The summed E-state index contributed by atoms with van der Waals surface area (Å²) in [6, 6.07) is 0. The van der Waals surface area contributed by atoms with Gasteiger partial charge in [0.05, 0.1) is 0 Å². The third-order valence-electron chi connectivity index (χ3n) is 9.30. The zero-order chi connectivity index (χ0) is 19.6. The molecule has 27 heavy (non-hydrogen) atoms. The van der Waals surface area contributed by atoms with E-state index in [1.54, 1.807) is 6.92 Å². The molecular formula is C23H34O4. The number of carbonyl (C=O) groups excluding carboxylic acids is 3. The second kappa shape index (κ2) is 6.42. The molecule has 4 fully saturated rings. The molecular weight excluding hydrogens is 340 g/mol. The standard InChI is InChI=1S/C23H34O4/c1-13(24)18-7-8-19-17-6-5-15-11-16(27-14(2)25)9-10-22(15,3)20(17)12-21(26)23(18,19)4/h15-20H,5-12H2,1-4H3/t15-,16-,17?,18+,19-,20?,22-,23+/m0/s1. The quantitative estimate of drug-likeness (QED) is 0.675. The summed E-state index contributed by atoms with van der Waals surface area (Å²) >= 11 is 0. The molecule has 0 heterocycles. The molecule has 0 aliphatic heterocycles. The Bertz CT molecular complexity index is 669. The van der Waals surface area contributed by atoms with E-state index in [4.69, 9.17) is 4.74 Å². The zero-order valence-electron chi connectivity index (χ0n) is 17.3. The van der Waals surface area contributed by atoms with Gasteiger partial charge in [0.2, 0.25) is 0 Å². The van der Waals surface area contributed by atoms with E-state index in [1.165, 1.54) is 13.3 Å². The average Bonchev–Trinajstić information content (AvgIpc) is 2.95. The van der Waals surface area contributed by atoms with Gasteiger partial charge in [0.1, 0.15) is 17.7 Å². The van der Waals surface area contributed by atoms with Crippen LogP contribution in [0, 0.1) is 40.4 Å². The van der Waals surface area contributed by atoms with E-state index < -0.39 is 5.41 Å². The molecule has 0 aromatic heterocycles. The van der Waals surface area contributed by atoms with E-state index in [-0.39, 0.29) is 29.2 Å². The third-order valence-corrected chi connectivity index (χ3v) is 9.30. The van der Waals surface area contributed by atoms with Crippen LogP contribution in [-0.2, 0) is 19.1 Å². The fourth-order valence-corrected chi connectivity index (χ4v) is 7.92. The molecule has 0 aromatic rings. The van der Waals surface area contributed by atoms with Crippen molar-refractivity contribution in [1.29, 1.82) is 0 Å². The maximum absolute atomic E-state index is 13.4. The van der Waals surface area contributed by atoms with Gasteiger partial charge >= 0.3 is 5.97 Å². The van der Waals surface area contributed by atoms with Gasteiger partial charge in [-0.2, -0.15) is 0 Å². The molecule has 4 rings (SSSR count). The number of fused-ring (bicyclic) bond motifs is 5. The molecule has 0 spiro atoms. The lowest BCUT2D eigenvalue weighted by molar-refractivity contribution is -0.167. The van der Waals surface area contributed by atoms with Gasteiger partial charge in [-0.3, -0.25) is 14.4 Å². The highest BCUT2D eigenvalue weighted by atomic mass is 16.5. The number of hydrogen-bond donors (Lipinski definition) is 0. The largest absolute Gasteiger partial charge is 0.463 e. The molecule has 0 bridgehead atoms. The Kier molecular flexibility index (Phi) is 4.55. The summed E-state index contributed by atoms with van der Waals surface area (Å²) in [6.07, 6.45) is 7.86. The smallest absolute Gasteiger partial charge is 0.302 e. The van der Waals surface area contributed by atoms with Crippen LogP contribution in [-0.4, -0.2) is 23.6 Å². The molecule has 4 aliphatic carbocycles. The van der Waals surface area contributed by atoms with Gasteiger partial charge in [-0.05, 0) is 81.0 Å². The molecule has 4 heteroatoms. The topological polar surface area (TPSA) is 60.4 Å². The molecule has 2 unspecified atom stereocenters. The monoisotopic (exact) mass is 374 g/mol. The number of ether oxygens (including phenoxy) is 1. The normalized spacial score (nSPS) is 49.0. The number of carbonyl (C=O) groups is 3. The Hall–Kier alpha value is -1.19. The molecule has 0 saturated heterocycles. The van der Waals surface area contributed by atoms with Gasteiger partial charge in [-0.1, -0.05) is 13.8 Å². The number of esters is 1. The van der Waals surface area contributed by atoms with Crippen LogP contribution in [0.2, 0.25) is 0 Å². The van der Waals surface area contributed by atoms with Crippen molar-refractivity contribution in [3.8, 4) is 0 Å². The lowest BCUT2D eigenvalue weighted by Gasteiger charge is -2.60. The van der Waals surface area contributed by atoms with Crippen molar-refractivity contribution in [1.82, 2.24) is 0 Å². The van der Waals surface area contributed by atoms with Gasteiger partial charge in [-0.25, -0.2) is 0 Å². The highest BCUT2D eigenvalue weighted by Gasteiger charge is 2.64. The summed E-state index contributed by atoms with van der Waals surface area (Å²) in [4.78, 5) is 37.0. The van der Waals surface area contributed by atoms with Crippen LogP contribution in [0.3, 0.4) is 0 Å². The zero-order valence-corrected chi connectivity index (χ0v) is 17.3. The summed E-state index contributed by atoms with van der Waals surface area (Å²) in [5, 5.41) is 0. The minimum absolute atomic E-state index is 0.0512. The Morgan fingerprint density at radius 2 is 1.74 bits per heavy atom. The highest BCUT2D eigenvalue weighted by molar-refractivity contribution is 5.93. The second-order valence-corrected chi connectivity index (χ2v) is 10.3. The summed E-state index contributed by atoms with van der Waals surface area (Å²) in [7, 11) is 0. The van der Waals surface area contributed by atoms with Crippen LogP contribution in [0.5, 0.6) is 0 Å². The second-order valence-electron chi connectivity index (χ2n) is 10.3. The highest BCUT2D eigenvalue weighted by Crippen LogP contribution is 2.66. The lowest BCUT2D eigenvalue weighted by Crippen LogP contribution is -2.57. The molecule has 0 radical (unpaired) electrons. The fraction of sp³-hybridized carbons (Fsp3) is 0.870. The van der Waals surface area contributed by atoms with Gasteiger partial charge in [0.25, 0.3) is 0 Å². The maximum Gasteiger partial charge on any atom is 0.302 e. The van der Waals surface area contributed by atoms with Gasteiger partial charge in [-0.15, -0.1) is 0 Å². The predicted molar refractivity (Wildman–Crippen MR) is 102 cm³/mol. The van der Waals surface area contributed by atoms with E-state index in [1.807, 2.05) is 0 Å². The van der Waals surface area contributed by atoms with Crippen molar-refractivity contribution in [2.75, 3.05) is 0 Å². The van der Waals surface area contributed by atoms with Crippen molar-refractivity contribution >= 4 is 17.5 Å². The Morgan fingerprint density at radius 1 is 1.00 bits per heavy atom. The van der Waals surface area contributed by atoms with Crippen molar-refractivity contribution < 1.29 is 19.1 Å². The molecule has 150 valence electrons. The minimum atomic E-state index is -0.425. The number of rotatable bonds is 2. The maximum atomic E-state index is 13.4. The lowest BCUT2D eigenvalue weighted by atomic mass is 9.44. The number of hydrogen-bond acceptors (Lipinski definition) is 4. The van der Waals surface area contributed by atoms with E-state index in [0.717, 1.165) is 38.5 Å². The van der Waals surface area contributed by atoms with Crippen LogP contribution in [0.25, 0.3) is 0 Å². The predicted octanol–water partition coefficient (Wildman–Crippen LogP) is 4.35. The van der Waals surface area contributed by atoms with E-state index in [9.17, 15) is 14.4 Å². The first kappa shape index (κ1) is 19.1. The van der Waals surface area contributed by atoms with Crippen molar-refractivity contribution in [2.45, 2.75) is 85.2 Å². The molecule has 4 aliphatic rings. The Balaban J connectivity index is 1.59. The van der Waals surface area contributed by atoms with Crippen molar-refractivity contribution in [3.63, 3.8) is 0 Å². The minimum Gasteiger partial charge on any atom is -0.463 e. The van der Waals surface area contributed by atoms with E-state index >= 15 is 0 Å². The van der Waals surface area contributed by atoms with Crippen LogP contribution >= 0.6 is 0 Å². The van der Waals surface area contributed by atoms with Crippen LogP contribution in [0.1, 0.15) is 79.1 Å².